The Hall–Kier alpha value is -2.40. The summed E-state index contributed by atoms with van der Waals surface area (Å²) in [6.45, 7) is 0.0676. The summed E-state index contributed by atoms with van der Waals surface area (Å²) in [5.41, 5.74) is 0.951. The number of H-pyrrole nitrogens is 1. The van der Waals surface area contributed by atoms with E-state index in [-0.39, 0.29) is 35.6 Å². The van der Waals surface area contributed by atoms with Gasteiger partial charge in [0.25, 0.3) is 5.91 Å². The second kappa shape index (κ2) is 6.15. The molecule has 2 bridgehead atoms. The first kappa shape index (κ1) is 16.1. The molecule has 25 heavy (non-hydrogen) atoms. The summed E-state index contributed by atoms with van der Waals surface area (Å²) >= 11 is 0. The van der Waals surface area contributed by atoms with Gasteiger partial charge in [-0.25, -0.2) is 0 Å². The molecule has 5 nitrogen and oxygen atoms in total. The van der Waals surface area contributed by atoms with Crippen LogP contribution in [0.5, 0.6) is 0 Å². The van der Waals surface area contributed by atoms with Gasteiger partial charge in [0.1, 0.15) is 5.69 Å². The number of amides is 1. The van der Waals surface area contributed by atoms with Crippen molar-refractivity contribution in [2.75, 3.05) is 6.61 Å². The van der Waals surface area contributed by atoms with Crippen molar-refractivity contribution in [2.45, 2.75) is 37.8 Å². The minimum atomic E-state index is -0.297. The first-order chi connectivity index (χ1) is 12.1. The molecule has 2 saturated heterocycles. The van der Waals surface area contributed by atoms with Crippen molar-refractivity contribution in [3.8, 4) is 0 Å². The molecule has 4 rings (SSSR count). The molecule has 3 atom stereocenters. The van der Waals surface area contributed by atoms with Gasteiger partial charge in [-0.2, -0.15) is 0 Å². The maximum Gasteiger partial charge on any atom is 0.270 e. The predicted molar refractivity (Wildman–Crippen MR) is 94.3 cm³/mol. The van der Waals surface area contributed by atoms with Gasteiger partial charge in [0.15, 0.2) is 0 Å². The molecule has 1 aromatic heterocycles. The molecule has 0 radical (unpaired) electrons. The van der Waals surface area contributed by atoms with E-state index in [4.69, 9.17) is 0 Å². The first-order valence-corrected chi connectivity index (χ1v) is 8.80. The van der Waals surface area contributed by atoms with Crippen LogP contribution in [-0.4, -0.2) is 39.6 Å². The van der Waals surface area contributed by atoms with Crippen molar-refractivity contribution in [3.05, 3.63) is 70.1 Å². The molecular weight excluding hydrogens is 316 g/mol. The zero-order valence-corrected chi connectivity index (χ0v) is 14.0. The van der Waals surface area contributed by atoms with Crippen LogP contribution in [0, 0.1) is 5.41 Å². The fourth-order valence-corrected chi connectivity index (χ4v) is 4.73. The number of rotatable bonds is 4. The fraction of sp³-hybridized carbons (Fsp3) is 0.400. The summed E-state index contributed by atoms with van der Waals surface area (Å²) in [6, 6.07) is 15.0. The number of fused-ring (bicyclic) bond motifs is 2. The summed E-state index contributed by atoms with van der Waals surface area (Å²) in [5, 5.41) is 10.2. The van der Waals surface area contributed by atoms with E-state index >= 15 is 0 Å². The van der Waals surface area contributed by atoms with Gasteiger partial charge in [0.2, 0.25) is 5.56 Å². The average molecular weight is 338 g/mol. The Bertz CT molecular complexity index is 832. The Morgan fingerprint density at radius 3 is 2.68 bits per heavy atom. The third-order valence-corrected chi connectivity index (χ3v) is 5.80. The number of carbonyl (C=O) groups is 1. The number of hydrogen-bond donors (Lipinski definition) is 2. The van der Waals surface area contributed by atoms with Gasteiger partial charge in [-0.15, -0.1) is 0 Å². The molecule has 2 aliphatic rings. The van der Waals surface area contributed by atoms with Crippen LogP contribution in [0.2, 0.25) is 0 Å². The Labute approximate surface area is 146 Å². The molecule has 0 aliphatic carbocycles. The Balaban J connectivity index is 1.64. The Morgan fingerprint density at radius 1 is 1.16 bits per heavy atom. The SMILES string of the molecule is O=C(c1cccc(=O)[nH]1)N1[C@@H]2CC[C@H]1[C@](CO)(Cc1ccccc1)C2. The summed E-state index contributed by atoms with van der Waals surface area (Å²) in [7, 11) is 0. The highest BCUT2D eigenvalue weighted by Gasteiger charge is 2.57. The summed E-state index contributed by atoms with van der Waals surface area (Å²) in [4.78, 5) is 29.1. The monoisotopic (exact) mass is 338 g/mol. The topological polar surface area (TPSA) is 73.4 Å². The highest BCUT2D eigenvalue weighted by Crippen LogP contribution is 2.51. The van der Waals surface area contributed by atoms with Crippen molar-refractivity contribution >= 4 is 5.91 Å². The van der Waals surface area contributed by atoms with E-state index in [0.717, 1.165) is 25.7 Å². The Morgan fingerprint density at radius 2 is 1.96 bits per heavy atom. The lowest BCUT2D eigenvalue weighted by Crippen LogP contribution is -2.44. The van der Waals surface area contributed by atoms with E-state index in [2.05, 4.69) is 17.1 Å². The van der Waals surface area contributed by atoms with Gasteiger partial charge in [0, 0.05) is 23.6 Å². The lowest BCUT2D eigenvalue weighted by molar-refractivity contribution is 0.0566. The lowest BCUT2D eigenvalue weighted by Gasteiger charge is -2.36. The van der Waals surface area contributed by atoms with Crippen molar-refractivity contribution < 1.29 is 9.90 Å². The largest absolute Gasteiger partial charge is 0.396 e. The number of nitrogens with one attached hydrogen (secondary N) is 1. The van der Waals surface area contributed by atoms with Crippen LogP contribution >= 0.6 is 0 Å². The number of nitrogens with zero attached hydrogens (tertiary/aromatic N) is 1. The molecule has 130 valence electrons. The number of aliphatic hydroxyl groups excluding tert-OH is 1. The van der Waals surface area contributed by atoms with E-state index in [1.54, 1.807) is 12.1 Å². The van der Waals surface area contributed by atoms with Crippen molar-refractivity contribution in [3.63, 3.8) is 0 Å². The van der Waals surface area contributed by atoms with Gasteiger partial charge in [-0.1, -0.05) is 36.4 Å². The van der Waals surface area contributed by atoms with Crippen LogP contribution in [0.4, 0.5) is 0 Å². The number of carbonyl (C=O) groups excluding carboxylic acids is 1. The summed E-state index contributed by atoms with van der Waals surface area (Å²) in [6.07, 6.45) is 3.44. The number of hydrogen-bond acceptors (Lipinski definition) is 3. The second-order valence-electron chi connectivity index (χ2n) is 7.28. The smallest absolute Gasteiger partial charge is 0.270 e. The number of aromatic nitrogens is 1. The fourth-order valence-electron chi connectivity index (χ4n) is 4.73. The normalized spacial score (nSPS) is 27.6. The number of pyridine rings is 1. The maximum absolute atomic E-state index is 13.0. The van der Waals surface area contributed by atoms with Gasteiger partial charge in [-0.05, 0) is 37.3 Å². The minimum Gasteiger partial charge on any atom is -0.396 e. The summed E-state index contributed by atoms with van der Waals surface area (Å²) < 4.78 is 0. The number of aromatic amines is 1. The highest BCUT2D eigenvalue weighted by molar-refractivity contribution is 5.93. The molecule has 1 aromatic carbocycles. The number of aliphatic hydroxyl groups is 1. The number of benzene rings is 1. The molecule has 0 spiro atoms. The van der Waals surface area contributed by atoms with Crippen molar-refractivity contribution in [2.24, 2.45) is 5.41 Å². The van der Waals surface area contributed by atoms with Crippen LogP contribution in [0.25, 0.3) is 0 Å². The molecule has 2 aliphatic heterocycles. The zero-order chi connectivity index (χ0) is 17.4. The van der Waals surface area contributed by atoms with Gasteiger partial charge < -0.3 is 15.0 Å². The molecule has 1 amide bonds. The maximum atomic E-state index is 13.0. The molecule has 3 heterocycles. The lowest BCUT2D eigenvalue weighted by atomic mass is 9.70. The van der Waals surface area contributed by atoms with Gasteiger partial charge in [0.05, 0.1) is 6.61 Å². The second-order valence-corrected chi connectivity index (χ2v) is 7.28. The predicted octanol–water partition coefficient (Wildman–Crippen LogP) is 1.97. The van der Waals surface area contributed by atoms with Crippen molar-refractivity contribution in [1.82, 2.24) is 9.88 Å². The standard InChI is InChI=1S/C20H22N2O3/c23-13-20(11-14-5-2-1-3-6-14)12-15-9-10-17(20)22(15)19(25)16-7-4-8-18(24)21-16/h1-8,15,17,23H,9-13H2,(H,21,24)/t15-,17+,20-/m1/s1. The molecule has 0 saturated carbocycles. The molecule has 2 aromatic rings. The van der Waals surface area contributed by atoms with Crippen LogP contribution in [0.1, 0.15) is 35.3 Å². The molecular formula is C20H22N2O3. The van der Waals surface area contributed by atoms with Crippen LogP contribution in [0.3, 0.4) is 0 Å². The Kier molecular flexibility index (Phi) is 3.96. The van der Waals surface area contributed by atoms with E-state index < -0.39 is 0 Å². The van der Waals surface area contributed by atoms with Crippen molar-refractivity contribution in [1.29, 1.82) is 0 Å². The molecule has 2 N–H and O–H groups in total. The van der Waals surface area contributed by atoms with E-state index in [9.17, 15) is 14.7 Å². The molecule has 0 unspecified atom stereocenters. The third kappa shape index (κ3) is 2.68. The third-order valence-electron chi connectivity index (χ3n) is 5.80. The minimum absolute atomic E-state index is 0.0129. The van der Waals surface area contributed by atoms with Crippen LogP contribution in [0.15, 0.2) is 53.3 Å². The van der Waals surface area contributed by atoms with Crippen LogP contribution < -0.4 is 5.56 Å². The van der Waals surface area contributed by atoms with Gasteiger partial charge in [-0.3, -0.25) is 9.59 Å². The van der Waals surface area contributed by atoms with E-state index in [0.29, 0.717) is 5.69 Å². The van der Waals surface area contributed by atoms with Crippen LogP contribution in [-0.2, 0) is 6.42 Å². The van der Waals surface area contributed by atoms with Gasteiger partial charge >= 0.3 is 0 Å². The highest BCUT2D eigenvalue weighted by atomic mass is 16.3. The first-order valence-electron chi connectivity index (χ1n) is 8.80. The quantitative estimate of drug-likeness (QED) is 0.895. The molecule has 2 fully saturated rings. The molecule has 5 heteroatoms. The van der Waals surface area contributed by atoms with E-state index in [1.165, 1.54) is 11.6 Å². The van der Waals surface area contributed by atoms with E-state index in [1.807, 2.05) is 23.1 Å². The zero-order valence-electron chi connectivity index (χ0n) is 14.0. The average Bonchev–Trinajstić information content (AvgIpc) is 3.18. The summed E-state index contributed by atoms with van der Waals surface area (Å²) in [5.74, 6) is -0.131.